The van der Waals surface area contributed by atoms with Crippen molar-refractivity contribution in [2.75, 3.05) is 0 Å². The molecule has 5 heteroatoms. The summed E-state index contributed by atoms with van der Waals surface area (Å²) in [6.07, 6.45) is -0.0916. The molecule has 4 nitrogen and oxygen atoms in total. The lowest BCUT2D eigenvalue weighted by Crippen LogP contribution is -2.52. The van der Waals surface area contributed by atoms with E-state index in [2.05, 4.69) is 5.32 Å². The van der Waals surface area contributed by atoms with Crippen molar-refractivity contribution in [3.63, 3.8) is 0 Å². The average Bonchev–Trinajstić information content (AvgIpc) is 2.59. The van der Waals surface area contributed by atoms with Gasteiger partial charge in [0.1, 0.15) is 11.9 Å². The number of aryl methyl sites for hydroxylation is 1. The minimum absolute atomic E-state index is 0.0916. The third-order valence-corrected chi connectivity index (χ3v) is 4.40. The highest BCUT2D eigenvalue weighted by atomic mass is 19.1. The number of hydrogen-bond donors (Lipinski definition) is 1. The van der Waals surface area contributed by atoms with E-state index in [0.29, 0.717) is 5.56 Å². The van der Waals surface area contributed by atoms with Gasteiger partial charge in [0.05, 0.1) is 6.42 Å². The third kappa shape index (κ3) is 6.19. The Morgan fingerprint density at radius 3 is 2.39 bits per heavy atom. The zero-order chi connectivity index (χ0) is 20.9. The molecule has 0 saturated carbocycles. The number of amides is 2. The first kappa shape index (κ1) is 21.6. The molecule has 0 aliphatic heterocycles. The molecule has 0 aliphatic carbocycles. The van der Waals surface area contributed by atoms with Gasteiger partial charge in [0.2, 0.25) is 11.8 Å². The Morgan fingerprint density at radius 2 is 1.79 bits per heavy atom. The van der Waals surface area contributed by atoms with Gasteiger partial charge in [0.25, 0.3) is 0 Å². The van der Waals surface area contributed by atoms with E-state index in [-0.39, 0.29) is 24.8 Å². The molecular formula is C23H29FN2O2. The van der Waals surface area contributed by atoms with Gasteiger partial charge in [-0.15, -0.1) is 0 Å². The lowest BCUT2D eigenvalue weighted by molar-refractivity contribution is -0.140. The molecule has 0 heterocycles. The van der Waals surface area contributed by atoms with Gasteiger partial charge in [-0.05, 0) is 51.8 Å². The molecular weight excluding hydrogens is 355 g/mol. The Morgan fingerprint density at radius 1 is 1.11 bits per heavy atom. The molecule has 0 aromatic heterocycles. The van der Waals surface area contributed by atoms with Gasteiger partial charge >= 0.3 is 0 Å². The van der Waals surface area contributed by atoms with Crippen LogP contribution in [0.3, 0.4) is 0 Å². The van der Waals surface area contributed by atoms with Crippen molar-refractivity contribution in [1.82, 2.24) is 10.2 Å². The van der Waals surface area contributed by atoms with Gasteiger partial charge < -0.3 is 10.2 Å². The van der Waals surface area contributed by atoms with E-state index in [4.69, 9.17) is 0 Å². The van der Waals surface area contributed by atoms with E-state index in [1.54, 1.807) is 25.1 Å². The molecule has 0 bridgehead atoms. The Balaban J connectivity index is 2.27. The van der Waals surface area contributed by atoms with Crippen LogP contribution in [0.5, 0.6) is 0 Å². The molecule has 2 aromatic rings. The maximum absolute atomic E-state index is 14.0. The molecule has 2 amide bonds. The summed E-state index contributed by atoms with van der Waals surface area (Å²) in [5.74, 6) is -0.941. The van der Waals surface area contributed by atoms with Crippen LogP contribution in [0.2, 0.25) is 0 Å². The molecule has 0 saturated heterocycles. The highest BCUT2D eigenvalue weighted by Crippen LogP contribution is 2.15. The number of carbonyl (C=O) groups is 2. The quantitative estimate of drug-likeness (QED) is 0.818. The maximum atomic E-state index is 14.0. The highest BCUT2D eigenvalue weighted by molar-refractivity contribution is 5.88. The van der Waals surface area contributed by atoms with E-state index in [9.17, 15) is 14.0 Å². The lowest BCUT2D eigenvalue weighted by Gasteiger charge is -2.31. The first-order valence-electron chi connectivity index (χ1n) is 9.47. The van der Waals surface area contributed by atoms with Crippen molar-refractivity contribution in [3.05, 3.63) is 71.0 Å². The normalized spacial score (nSPS) is 12.4. The topological polar surface area (TPSA) is 49.4 Å². The first-order valence-corrected chi connectivity index (χ1v) is 9.47. The van der Waals surface area contributed by atoms with Crippen LogP contribution in [0.1, 0.15) is 44.4 Å². The summed E-state index contributed by atoms with van der Waals surface area (Å²) in [5.41, 5.74) is 1.92. The van der Waals surface area contributed by atoms with Gasteiger partial charge in [0, 0.05) is 12.1 Å². The van der Waals surface area contributed by atoms with Crippen molar-refractivity contribution < 1.29 is 14.0 Å². The first-order chi connectivity index (χ1) is 13.1. The number of hydrogen-bond acceptors (Lipinski definition) is 2. The second-order valence-electron chi connectivity index (χ2n) is 8.19. The standard InChI is InChI=1S/C23H29FN2O2/c1-16-9-8-10-18(13-16)15-26(17(2)22(28)25-23(3,4)5)21(27)14-19-11-6-7-12-20(19)24/h6-13,17H,14-15H2,1-5H3,(H,25,28). The summed E-state index contributed by atoms with van der Waals surface area (Å²) in [7, 11) is 0. The van der Waals surface area contributed by atoms with Gasteiger partial charge in [0.15, 0.2) is 0 Å². The zero-order valence-electron chi connectivity index (χ0n) is 17.3. The molecule has 0 radical (unpaired) electrons. The molecule has 1 atom stereocenters. The van der Waals surface area contributed by atoms with Crippen LogP contribution < -0.4 is 5.32 Å². The van der Waals surface area contributed by atoms with Crippen molar-refractivity contribution in [1.29, 1.82) is 0 Å². The monoisotopic (exact) mass is 384 g/mol. The molecule has 150 valence electrons. The van der Waals surface area contributed by atoms with Crippen molar-refractivity contribution in [2.45, 2.75) is 59.2 Å². The van der Waals surface area contributed by atoms with Crippen LogP contribution in [-0.2, 0) is 22.6 Å². The smallest absolute Gasteiger partial charge is 0.242 e. The van der Waals surface area contributed by atoms with Gasteiger partial charge in [-0.2, -0.15) is 0 Å². The number of nitrogens with zero attached hydrogens (tertiary/aromatic N) is 1. The van der Waals surface area contributed by atoms with Crippen LogP contribution in [0, 0.1) is 12.7 Å². The number of nitrogens with one attached hydrogen (secondary N) is 1. The Kier molecular flexibility index (Phi) is 6.95. The minimum Gasteiger partial charge on any atom is -0.350 e. The fraction of sp³-hybridized carbons (Fsp3) is 0.391. The highest BCUT2D eigenvalue weighted by Gasteiger charge is 2.28. The summed E-state index contributed by atoms with van der Waals surface area (Å²) in [6, 6.07) is 13.3. The number of rotatable bonds is 6. The van der Waals surface area contributed by atoms with Gasteiger partial charge in [-0.1, -0.05) is 48.0 Å². The zero-order valence-corrected chi connectivity index (χ0v) is 17.3. The lowest BCUT2D eigenvalue weighted by atomic mass is 10.1. The number of halogens is 1. The number of benzene rings is 2. The predicted molar refractivity (Wildman–Crippen MR) is 109 cm³/mol. The maximum Gasteiger partial charge on any atom is 0.242 e. The van der Waals surface area contributed by atoms with Crippen molar-refractivity contribution >= 4 is 11.8 Å². The summed E-state index contributed by atoms with van der Waals surface area (Å²) < 4.78 is 14.0. The third-order valence-electron chi connectivity index (χ3n) is 4.40. The van der Waals surface area contributed by atoms with Crippen molar-refractivity contribution in [2.24, 2.45) is 0 Å². The van der Waals surface area contributed by atoms with E-state index >= 15 is 0 Å². The Hall–Kier alpha value is -2.69. The second kappa shape index (κ2) is 9.00. The average molecular weight is 384 g/mol. The Bertz CT molecular complexity index is 842. The molecule has 1 N–H and O–H groups in total. The van der Waals surface area contributed by atoms with Crippen LogP contribution in [0.15, 0.2) is 48.5 Å². The van der Waals surface area contributed by atoms with E-state index in [1.807, 2.05) is 52.0 Å². The number of carbonyl (C=O) groups excluding carboxylic acids is 2. The Labute approximate surface area is 166 Å². The van der Waals surface area contributed by atoms with Crippen molar-refractivity contribution in [3.8, 4) is 0 Å². The summed E-state index contributed by atoms with van der Waals surface area (Å²) in [5, 5.41) is 2.92. The molecule has 1 unspecified atom stereocenters. The minimum atomic E-state index is -0.681. The molecule has 0 aliphatic rings. The van der Waals surface area contributed by atoms with E-state index in [1.165, 1.54) is 11.0 Å². The van der Waals surface area contributed by atoms with E-state index < -0.39 is 17.4 Å². The van der Waals surface area contributed by atoms with Crippen LogP contribution in [0.25, 0.3) is 0 Å². The molecule has 2 rings (SSSR count). The van der Waals surface area contributed by atoms with E-state index in [0.717, 1.165) is 11.1 Å². The summed E-state index contributed by atoms with van der Waals surface area (Å²) >= 11 is 0. The van der Waals surface area contributed by atoms with Gasteiger partial charge in [-0.3, -0.25) is 9.59 Å². The van der Waals surface area contributed by atoms with Gasteiger partial charge in [-0.25, -0.2) is 4.39 Å². The summed E-state index contributed by atoms with van der Waals surface area (Å²) in [4.78, 5) is 27.3. The van der Waals surface area contributed by atoms with Crippen LogP contribution in [-0.4, -0.2) is 28.3 Å². The fourth-order valence-electron chi connectivity index (χ4n) is 2.97. The van der Waals surface area contributed by atoms with Crippen LogP contribution in [0.4, 0.5) is 4.39 Å². The van der Waals surface area contributed by atoms with Crippen LogP contribution >= 0.6 is 0 Å². The molecule has 2 aromatic carbocycles. The summed E-state index contributed by atoms with van der Waals surface area (Å²) in [6.45, 7) is 9.64. The molecule has 0 fully saturated rings. The predicted octanol–water partition coefficient (Wildman–Crippen LogP) is 4.01. The largest absolute Gasteiger partial charge is 0.350 e. The molecule has 0 spiro atoms. The SMILES string of the molecule is Cc1cccc(CN(C(=O)Cc2ccccc2F)C(C)C(=O)NC(C)(C)C)c1. The molecule has 28 heavy (non-hydrogen) atoms. The fourth-order valence-corrected chi connectivity index (χ4v) is 2.97. The second-order valence-corrected chi connectivity index (χ2v) is 8.19.